The van der Waals surface area contributed by atoms with E-state index in [4.69, 9.17) is 4.74 Å². The average Bonchev–Trinajstić information content (AvgIpc) is 3.10. The quantitative estimate of drug-likeness (QED) is 0.719. The summed E-state index contributed by atoms with van der Waals surface area (Å²) in [6.07, 6.45) is 8.42. The van der Waals surface area contributed by atoms with E-state index in [1.807, 2.05) is 56.0 Å². The predicted octanol–water partition coefficient (Wildman–Crippen LogP) is 3.82. The van der Waals surface area contributed by atoms with Crippen LogP contribution in [0.15, 0.2) is 42.9 Å². The fourth-order valence-corrected chi connectivity index (χ4v) is 4.05. The van der Waals surface area contributed by atoms with Gasteiger partial charge in [-0.25, -0.2) is 0 Å². The molecule has 4 rings (SSSR count). The van der Waals surface area contributed by atoms with Crippen LogP contribution < -0.4 is 10.1 Å². The van der Waals surface area contributed by atoms with Crippen LogP contribution in [0.2, 0.25) is 0 Å². The Morgan fingerprint density at radius 1 is 1.28 bits per heavy atom. The third-order valence-electron chi connectivity index (χ3n) is 5.51. The Bertz CT molecular complexity index is 1000. The van der Waals surface area contributed by atoms with Gasteiger partial charge < -0.3 is 10.1 Å². The summed E-state index contributed by atoms with van der Waals surface area (Å²) in [6, 6.07) is 7.69. The van der Waals surface area contributed by atoms with Gasteiger partial charge in [0.05, 0.1) is 12.2 Å². The molecule has 0 bridgehead atoms. The summed E-state index contributed by atoms with van der Waals surface area (Å²) in [7, 11) is 1.96. The monoisotopic (exact) mass is 390 g/mol. The second-order valence-corrected chi connectivity index (χ2v) is 7.68. The van der Waals surface area contributed by atoms with Gasteiger partial charge in [-0.1, -0.05) is 6.07 Å². The summed E-state index contributed by atoms with van der Waals surface area (Å²) in [5.41, 5.74) is 5.92. The third-order valence-corrected chi connectivity index (χ3v) is 5.51. The molecule has 1 N–H and O–H groups in total. The maximum Gasteiger partial charge on any atom is 0.251 e. The summed E-state index contributed by atoms with van der Waals surface area (Å²) in [5, 5.41) is 7.55. The summed E-state index contributed by atoms with van der Waals surface area (Å²) < 4.78 is 7.92. The van der Waals surface area contributed by atoms with E-state index in [2.05, 4.69) is 15.4 Å². The van der Waals surface area contributed by atoms with E-state index in [0.717, 1.165) is 47.3 Å². The number of ether oxygens (including phenoxy) is 1. The van der Waals surface area contributed by atoms with Crippen LogP contribution >= 0.6 is 0 Å². The lowest BCUT2D eigenvalue weighted by atomic mass is 9.92. The number of hydrogen-bond acceptors (Lipinski definition) is 4. The van der Waals surface area contributed by atoms with Crippen LogP contribution in [0.5, 0.6) is 5.75 Å². The van der Waals surface area contributed by atoms with Crippen LogP contribution in [-0.2, 0) is 20.1 Å². The molecule has 1 amide bonds. The van der Waals surface area contributed by atoms with Gasteiger partial charge in [-0.2, -0.15) is 5.10 Å². The highest BCUT2D eigenvalue weighted by Crippen LogP contribution is 2.30. The van der Waals surface area contributed by atoms with Gasteiger partial charge in [0.15, 0.2) is 0 Å². The minimum atomic E-state index is -0.0586. The third kappa shape index (κ3) is 4.01. The van der Waals surface area contributed by atoms with Gasteiger partial charge in [0.1, 0.15) is 12.4 Å². The number of amides is 1. The van der Waals surface area contributed by atoms with Crippen molar-refractivity contribution in [3.8, 4) is 5.75 Å². The molecule has 0 radical (unpaired) electrons. The summed E-state index contributed by atoms with van der Waals surface area (Å²) in [5.74, 6) is 0.759. The van der Waals surface area contributed by atoms with E-state index in [0.29, 0.717) is 12.2 Å². The fraction of sp³-hybridized carbons (Fsp3) is 0.348. The molecule has 2 aromatic heterocycles. The van der Waals surface area contributed by atoms with Crippen molar-refractivity contribution >= 4 is 5.91 Å². The summed E-state index contributed by atoms with van der Waals surface area (Å²) in [6.45, 7) is 4.40. The van der Waals surface area contributed by atoms with Crippen molar-refractivity contribution in [2.24, 2.45) is 7.05 Å². The van der Waals surface area contributed by atoms with Gasteiger partial charge in [0, 0.05) is 41.8 Å². The van der Waals surface area contributed by atoms with Crippen LogP contribution in [0.3, 0.4) is 0 Å². The Labute approximate surface area is 170 Å². The maximum atomic E-state index is 12.9. The first-order valence-corrected chi connectivity index (χ1v) is 9.97. The number of nitrogens with zero attached hydrogens (tertiary/aromatic N) is 3. The highest BCUT2D eigenvalue weighted by molar-refractivity contribution is 5.95. The molecule has 6 heteroatoms. The Balaban J connectivity index is 1.48. The van der Waals surface area contributed by atoms with E-state index >= 15 is 0 Å². The molecule has 3 aromatic rings. The van der Waals surface area contributed by atoms with Crippen molar-refractivity contribution in [3.05, 3.63) is 76.4 Å². The number of aryl methyl sites for hydroxylation is 3. The molecular formula is C23H26N4O2. The Hall–Kier alpha value is -3.15. The smallest absolute Gasteiger partial charge is 0.251 e. The van der Waals surface area contributed by atoms with Crippen molar-refractivity contribution in [2.75, 3.05) is 0 Å². The highest BCUT2D eigenvalue weighted by Gasteiger charge is 2.25. The molecule has 0 aliphatic heterocycles. The van der Waals surface area contributed by atoms with E-state index < -0.39 is 0 Å². The van der Waals surface area contributed by atoms with Crippen molar-refractivity contribution in [1.82, 2.24) is 20.1 Å². The average molecular weight is 390 g/mol. The number of hydrogen-bond donors (Lipinski definition) is 1. The number of pyridine rings is 1. The second-order valence-electron chi connectivity index (χ2n) is 7.68. The molecule has 1 atom stereocenters. The van der Waals surface area contributed by atoms with Crippen molar-refractivity contribution in [1.29, 1.82) is 0 Å². The van der Waals surface area contributed by atoms with E-state index in [1.165, 1.54) is 5.69 Å². The molecule has 1 unspecified atom stereocenters. The Morgan fingerprint density at radius 2 is 2.07 bits per heavy atom. The maximum absolute atomic E-state index is 12.9. The molecule has 0 fully saturated rings. The van der Waals surface area contributed by atoms with Crippen LogP contribution in [0, 0.1) is 13.8 Å². The van der Waals surface area contributed by atoms with Gasteiger partial charge in [0.2, 0.25) is 0 Å². The zero-order chi connectivity index (χ0) is 20.4. The lowest BCUT2D eigenvalue weighted by molar-refractivity contribution is 0.0932. The summed E-state index contributed by atoms with van der Waals surface area (Å²) in [4.78, 5) is 17.1. The number of rotatable bonds is 5. The number of fused-ring (bicyclic) bond motifs is 1. The van der Waals surface area contributed by atoms with Gasteiger partial charge in [-0.3, -0.25) is 14.5 Å². The number of nitrogens with one attached hydrogen (secondary N) is 1. The first-order valence-electron chi connectivity index (χ1n) is 9.97. The molecule has 1 aliphatic rings. The molecule has 0 saturated carbocycles. The van der Waals surface area contributed by atoms with Gasteiger partial charge in [-0.15, -0.1) is 0 Å². The van der Waals surface area contributed by atoms with Gasteiger partial charge in [-0.05, 0) is 62.4 Å². The standard InChI is InChI=1S/C23H26N4O2/c1-15-10-18(11-16(2)22(15)29-14-17-6-5-9-24-12-17)23(28)26-20-7-4-8-21-19(20)13-25-27(21)3/h5-6,9-13,20H,4,7-8,14H2,1-3H3,(H,26,28). The second kappa shape index (κ2) is 8.07. The topological polar surface area (TPSA) is 69.0 Å². The molecule has 2 heterocycles. The van der Waals surface area contributed by atoms with E-state index in [-0.39, 0.29) is 11.9 Å². The molecule has 1 aliphatic carbocycles. The largest absolute Gasteiger partial charge is 0.488 e. The lowest BCUT2D eigenvalue weighted by Gasteiger charge is -2.24. The molecular weight excluding hydrogens is 364 g/mol. The van der Waals surface area contributed by atoms with Gasteiger partial charge in [0.25, 0.3) is 5.91 Å². The molecule has 1 aromatic carbocycles. The first kappa shape index (κ1) is 19.2. The number of carbonyl (C=O) groups excluding carboxylic acids is 1. The summed E-state index contributed by atoms with van der Waals surface area (Å²) >= 11 is 0. The molecule has 6 nitrogen and oxygen atoms in total. The molecule has 150 valence electrons. The molecule has 0 saturated heterocycles. The highest BCUT2D eigenvalue weighted by atomic mass is 16.5. The molecule has 0 spiro atoms. The predicted molar refractivity (Wildman–Crippen MR) is 111 cm³/mol. The zero-order valence-corrected chi connectivity index (χ0v) is 17.1. The van der Waals surface area contributed by atoms with Crippen molar-refractivity contribution in [2.45, 2.75) is 45.8 Å². The number of benzene rings is 1. The van der Waals surface area contributed by atoms with Crippen LogP contribution in [0.1, 0.15) is 57.2 Å². The zero-order valence-electron chi connectivity index (χ0n) is 17.1. The van der Waals surface area contributed by atoms with Crippen LogP contribution in [-0.4, -0.2) is 20.7 Å². The number of aromatic nitrogens is 3. The SMILES string of the molecule is Cc1cc(C(=O)NC2CCCc3c2cnn3C)cc(C)c1OCc1cccnc1. The number of carbonyl (C=O) groups is 1. The van der Waals surface area contributed by atoms with E-state index in [9.17, 15) is 4.79 Å². The van der Waals surface area contributed by atoms with Gasteiger partial charge >= 0.3 is 0 Å². The fourth-order valence-electron chi connectivity index (χ4n) is 4.05. The molecule has 29 heavy (non-hydrogen) atoms. The van der Waals surface area contributed by atoms with Crippen LogP contribution in [0.4, 0.5) is 0 Å². The van der Waals surface area contributed by atoms with Crippen molar-refractivity contribution in [3.63, 3.8) is 0 Å². The first-order chi connectivity index (χ1) is 14.0. The minimum absolute atomic E-state index is 0.0158. The van der Waals surface area contributed by atoms with E-state index in [1.54, 1.807) is 12.4 Å². The minimum Gasteiger partial charge on any atom is -0.488 e. The Morgan fingerprint density at radius 3 is 2.79 bits per heavy atom. The normalized spacial score (nSPS) is 15.6. The Kier molecular flexibility index (Phi) is 5.34. The van der Waals surface area contributed by atoms with Crippen LogP contribution in [0.25, 0.3) is 0 Å². The van der Waals surface area contributed by atoms with Crippen molar-refractivity contribution < 1.29 is 9.53 Å². The lowest BCUT2D eigenvalue weighted by Crippen LogP contribution is -2.31.